The van der Waals surface area contributed by atoms with E-state index in [-0.39, 0.29) is 6.04 Å². The summed E-state index contributed by atoms with van der Waals surface area (Å²) < 4.78 is 0. The number of nitrogens with two attached hydrogens (primary N) is 1. The highest BCUT2D eigenvalue weighted by Crippen LogP contribution is 2.18. The van der Waals surface area contributed by atoms with Crippen LogP contribution in [-0.2, 0) is 12.8 Å². The Morgan fingerprint density at radius 1 is 0.950 bits per heavy atom. The van der Waals surface area contributed by atoms with E-state index >= 15 is 0 Å². The Morgan fingerprint density at radius 3 is 2.60 bits per heavy atom. The van der Waals surface area contributed by atoms with Gasteiger partial charge in [-0.05, 0) is 47.0 Å². The predicted octanol–water partition coefficient (Wildman–Crippen LogP) is 4.40. The van der Waals surface area contributed by atoms with Crippen molar-refractivity contribution in [2.75, 3.05) is 0 Å². The topological polar surface area (TPSA) is 26.0 Å². The first-order valence-corrected chi connectivity index (χ1v) is 7.95. The van der Waals surface area contributed by atoms with Crippen LogP contribution in [0.15, 0.2) is 60.0 Å². The van der Waals surface area contributed by atoms with E-state index in [2.05, 4.69) is 60.0 Å². The number of fused-ring (bicyclic) bond motifs is 1. The minimum Gasteiger partial charge on any atom is -0.327 e. The van der Waals surface area contributed by atoms with Gasteiger partial charge < -0.3 is 5.73 Å². The largest absolute Gasteiger partial charge is 0.327 e. The second-order valence-electron chi connectivity index (χ2n) is 5.26. The molecule has 3 aromatic rings. The van der Waals surface area contributed by atoms with E-state index in [1.54, 1.807) is 0 Å². The fraction of sp³-hybridized carbons (Fsp3) is 0.222. The molecule has 1 atom stereocenters. The lowest BCUT2D eigenvalue weighted by molar-refractivity contribution is 0.614. The van der Waals surface area contributed by atoms with Gasteiger partial charge in [-0.15, -0.1) is 11.3 Å². The Kier molecular flexibility index (Phi) is 4.14. The third kappa shape index (κ3) is 3.27. The number of rotatable bonds is 5. The summed E-state index contributed by atoms with van der Waals surface area (Å²) in [6.07, 6.45) is 3.09. The highest BCUT2D eigenvalue weighted by molar-refractivity contribution is 7.09. The predicted molar refractivity (Wildman–Crippen MR) is 88.3 cm³/mol. The van der Waals surface area contributed by atoms with Crippen molar-refractivity contribution in [3.05, 3.63) is 70.4 Å². The maximum absolute atomic E-state index is 6.27. The average molecular weight is 281 g/mol. The molecule has 0 fully saturated rings. The normalized spacial score (nSPS) is 12.7. The third-order valence-corrected chi connectivity index (χ3v) is 4.59. The van der Waals surface area contributed by atoms with Crippen molar-refractivity contribution in [3.63, 3.8) is 0 Å². The van der Waals surface area contributed by atoms with E-state index in [9.17, 15) is 0 Å². The summed E-state index contributed by atoms with van der Waals surface area (Å²) in [5.74, 6) is 0. The summed E-state index contributed by atoms with van der Waals surface area (Å²) >= 11 is 1.82. The number of aryl methyl sites for hydroxylation is 1. The molecule has 0 spiro atoms. The van der Waals surface area contributed by atoms with Crippen molar-refractivity contribution in [1.29, 1.82) is 0 Å². The van der Waals surface area contributed by atoms with E-state index in [1.807, 2.05) is 11.3 Å². The molecule has 2 aromatic carbocycles. The number of thiophene rings is 1. The highest BCUT2D eigenvalue weighted by Gasteiger charge is 2.06. The summed E-state index contributed by atoms with van der Waals surface area (Å²) in [4.78, 5) is 1.43. The van der Waals surface area contributed by atoms with Crippen LogP contribution in [0.2, 0.25) is 0 Å². The molecule has 102 valence electrons. The van der Waals surface area contributed by atoms with Crippen molar-refractivity contribution in [1.82, 2.24) is 0 Å². The first kappa shape index (κ1) is 13.3. The van der Waals surface area contributed by atoms with E-state index < -0.39 is 0 Å². The first-order chi connectivity index (χ1) is 9.81. The van der Waals surface area contributed by atoms with Crippen molar-refractivity contribution in [2.45, 2.75) is 25.3 Å². The minimum atomic E-state index is 0.235. The molecule has 2 heteroatoms. The summed E-state index contributed by atoms with van der Waals surface area (Å²) in [6.45, 7) is 0. The van der Waals surface area contributed by atoms with E-state index in [4.69, 9.17) is 5.73 Å². The van der Waals surface area contributed by atoms with Crippen LogP contribution in [-0.4, -0.2) is 6.04 Å². The molecule has 0 saturated carbocycles. The molecule has 1 aromatic heterocycles. The van der Waals surface area contributed by atoms with E-state index in [1.165, 1.54) is 21.2 Å². The summed E-state index contributed by atoms with van der Waals surface area (Å²) in [6, 6.07) is 19.7. The number of hydrogen-bond acceptors (Lipinski definition) is 2. The van der Waals surface area contributed by atoms with Crippen LogP contribution < -0.4 is 5.73 Å². The molecule has 0 aliphatic rings. The van der Waals surface area contributed by atoms with Crippen LogP contribution >= 0.6 is 11.3 Å². The van der Waals surface area contributed by atoms with Gasteiger partial charge >= 0.3 is 0 Å². The van der Waals surface area contributed by atoms with Gasteiger partial charge in [0.15, 0.2) is 0 Å². The summed E-state index contributed by atoms with van der Waals surface area (Å²) in [7, 11) is 0. The molecule has 1 heterocycles. The van der Waals surface area contributed by atoms with Gasteiger partial charge in [0.25, 0.3) is 0 Å². The number of hydrogen-bond donors (Lipinski definition) is 1. The quantitative estimate of drug-likeness (QED) is 0.737. The molecule has 0 bridgehead atoms. The molecular weight excluding hydrogens is 262 g/mol. The molecule has 0 aliphatic heterocycles. The Bertz CT molecular complexity index is 673. The fourth-order valence-corrected chi connectivity index (χ4v) is 3.28. The first-order valence-electron chi connectivity index (χ1n) is 7.07. The Morgan fingerprint density at radius 2 is 1.80 bits per heavy atom. The maximum Gasteiger partial charge on any atom is 0.00827 e. The van der Waals surface area contributed by atoms with Crippen molar-refractivity contribution in [2.24, 2.45) is 5.73 Å². The molecule has 2 N–H and O–H groups in total. The zero-order valence-corrected chi connectivity index (χ0v) is 12.3. The molecular formula is C18H19NS. The number of benzene rings is 2. The molecule has 0 saturated heterocycles. The molecule has 0 amide bonds. The second-order valence-corrected chi connectivity index (χ2v) is 6.30. The SMILES string of the molecule is NC(CCc1cccs1)Cc1ccc2ccccc2c1. The second kappa shape index (κ2) is 6.21. The average Bonchev–Trinajstić information content (AvgIpc) is 2.98. The van der Waals surface area contributed by atoms with Crippen molar-refractivity contribution >= 4 is 22.1 Å². The lowest BCUT2D eigenvalue weighted by Gasteiger charge is -2.11. The van der Waals surface area contributed by atoms with Crippen LogP contribution in [0.1, 0.15) is 16.9 Å². The fourth-order valence-electron chi connectivity index (χ4n) is 2.55. The molecule has 3 rings (SSSR count). The van der Waals surface area contributed by atoms with Gasteiger partial charge in [-0.1, -0.05) is 48.5 Å². The van der Waals surface area contributed by atoms with E-state index in [0.717, 1.165) is 19.3 Å². The maximum atomic E-state index is 6.27. The van der Waals surface area contributed by atoms with Crippen LogP contribution in [0.3, 0.4) is 0 Å². The monoisotopic (exact) mass is 281 g/mol. The molecule has 1 unspecified atom stereocenters. The minimum absolute atomic E-state index is 0.235. The van der Waals surface area contributed by atoms with Crippen LogP contribution in [0, 0.1) is 0 Å². The van der Waals surface area contributed by atoms with Crippen molar-refractivity contribution < 1.29 is 0 Å². The van der Waals surface area contributed by atoms with Crippen LogP contribution in [0.4, 0.5) is 0 Å². The molecule has 0 radical (unpaired) electrons. The lowest BCUT2D eigenvalue weighted by atomic mass is 9.99. The molecule has 0 aliphatic carbocycles. The van der Waals surface area contributed by atoms with Gasteiger partial charge in [0, 0.05) is 10.9 Å². The molecule has 20 heavy (non-hydrogen) atoms. The van der Waals surface area contributed by atoms with Gasteiger partial charge in [0.05, 0.1) is 0 Å². The highest BCUT2D eigenvalue weighted by atomic mass is 32.1. The third-order valence-electron chi connectivity index (χ3n) is 3.65. The Labute approximate surface area is 124 Å². The summed E-state index contributed by atoms with van der Waals surface area (Å²) in [5.41, 5.74) is 7.61. The summed E-state index contributed by atoms with van der Waals surface area (Å²) in [5, 5.41) is 4.73. The van der Waals surface area contributed by atoms with Gasteiger partial charge in [-0.2, -0.15) is 0 Å². The Hall–Kier alpha value is -1.64. The van der Waals surface area contributed by atoms with Crippen LogP contribution in [0.25, 0.3) is 10.8 Å². The zero-order valence-electron chi connectivity index (χ0n) is 11.5. The van der Waals surface area contributed by atoms with E-state index in [0.29, 0.717) is 0 Å². The van der Waals surface area contributed by atoms with Crippen molar-refractivity contribution in [3.8, 4) is 0 Å². The smallest absolute Gasteiger partial charge is 0.00827 e. The van der Waals surface area contributed by atoms with Gasteiger partial charge in [0.2, 0.25) is 0 Å². The standard InChI is InChI=1S/C18H19NS/c19-17(9-10-18-6-3-11-20-18)13-14-7-8-15-4-1-2-5-16(15)12-14/h1-8,11-12,17H,9-10,13,19H2. The van der Waals surface area contributed by atoms with Gasteiger partial charge in [-0.3, -0.25) is 0 Å². The van der Waals surface area contributed by atoms with Gasteiger partial charge in [-0.25, -0.2) is 0 Å². The van der Waals surface area contributed by atoms with Crippen LogP contribution in [0.5, 0.6) is 0 Å². The lowest BCUT2D eigenvalue weighted by Crippen LogP contribution is -2.23. The zero-order chi connectivity index (χ0) is 13.8. The van der Waals surface area contributed by atoms with Gasteiger partial charge in [0.1, 0.15) is 0 Å². The Balaban J connectivity index is 1.63. The molecule has 1 nitrogen and oxygen atoms in total.